The molecule has 0 saturated carbocycles. The predicted molar refractivity (Wildman–Crippen MR) is 105 cm³/mol. The van der Waals surface area contributed by atoms with Crippen molar-refractivity contribution in [3.8, 4) is 0 Å². The molecule has 152 valence electrons. The lowest BCUT2D eigenvalue weighted by Gasteiger charge is -2.21. The molecule has 27 heavy (non-hydrogen) atoms. The number of esters is 2. The van der Waals surface area contributed by atoms with Gasteiger partial charge in [0.15, 0.2) is 0 Å². The summed E-state index contributed by atoms with van der Waals surface area (Å²) in [6, 6.07) is 8.10. The average molecular weight is 379 g/mol. The summed E-state index contributed by atoms with van der Waals surface area (Å²) in [4.78, 5) is 25.4. The molecular formula is C21H33NO5. The lowest BCUT2D eigenvalue weighted by Crippen LogP contribution is -2.33. The molecule has 1 aromatic carbocycles. The molecule has 0 aliphatic carbocycles. The van der Waals surface area contributed by atoms with Crippen molar-refractivity contribution in [3.63, 3.8) is 0 Å². The molecular weight excluding hydrogens is 346 g/mol. The zero-order valence-electron chi connectivity index (χ0n) is 16.9. The number of hydrogen-bond donors (Lipinski definition) is 1. The molecule has 0 heterocycles. The van der Waals surface area contributed by atoms with Crippen LogP contribution in [0.15, 0.2) is 24.3 Å². The summed E-state index contributed by atoms with van der Waals surface area (Å²) in [5.41, 5.74) is 2.20. The third-order valence-electron chi connectivity index (χ3n) is 4.41. The maximum Gasteiger partial charge on any atom is 0.313 e. The lowest BCUT2D eigenvalue weighted by atomic mass is 9.97. The highest BCUT2D eigenvalue weighted by Gasteiger charge is 2.17. The first kappa shape index (κ1) is 23.1. The van der Waals surface area contributed by atoms with Gasteiger partial charge >= 0.3 is 11.9 Å². The van der Waals surface area contributed by atoms with Gasteiger partial charge in [-0.1, -0.05) is 38.1 Å². The summed E-state index contributed by atoms with van der Waals surface area (Å²) < 4.78 is 10.0. The number of carbonyl (C=O) groups is 2. The minimum absolute atomic E-state index is 0.0196. The highest BCUT2D eigenvalue weighted by Crippen LogP contribution is 2.19. The molecule has 0 aliphatic heterocycles. The second-order valence-electron chi connectivity index (χ2n) is 7.12. The summed E-state index contributed by atoms with van der Waals surface area (Å²) in [5.74, 6) is -0.313. The quantitative estimate of drug-likeness (QED) is 0.562. The molecule has 1 atom stereocenters. The molecule has 1 rings (SSSR count). The van der Waals surface area contributed by atoms with Crippen LogP contribution >= 0.6 is 0 Å². The van der Waals surface area contributed by atoms with Crippen LogP contribution in [0.25, 0.3) is 0 Å². The van der Waals surface area contributed by atoms with Gasteiger partial charge in [-0.25, -0.2) is 0 Å². The molecule has 6 nitrogen and oxygen atoms in total. The summed E-state index contributed by atoms with van der Waals surface area (Å²) in [6.45, 7) is 7.73. The molecule has 0 spiro atoms. The molecule has 0 aliphatic rings. The fraction of sp³-hybridized carbons (Fsp3) is 0.619. The van der Waals surface area contributed by atoms with E-state index in [9.17, 15) is 9.59 Å². The van der Waals surface area contributed by atoms with Crippen LogP contribution in [0.3, 0.4) is 0 Å². The van der Waals surface area contributed by atoms with E-state index >= 15 is 0 Å². The number of carbonyl (C=O) groups excluding carboxylic acids is 2. The van der Waals surface area contributed by atoms with E-state index in [1.54, 1.807) is 0 Å². The van der Waals surface area contributed by atoms with Gasteiger partial charge in [-0.3, -0.25) is 14.5 Å². The van der Waals surface area contributed by atoms with Crippen molar-refractivity contribution < 1.29 is 24.2 Å². The second kappa shape index (κ2) is 12.5. The molecule has 0 unspecified atom stereocenters. The van der Waals surface area contributed by atoms with Crippen molar-refractivity contribution in [2.45, 2.75) is 39.5 Å². The predicted octanol–water partition coefficient (Wildman–Crippen LogP) is 2.39. The zero-order valence-corrected chi connectivity index (χ0v) is 16.9. The van der Waals surface area contributed by atoms with Crippen LogP contribution in [-0.4, -0.2) is 61.9 Å². The Morgan fingerprint density at radius 1 is 1.07 bits per heavy atom. The van der Waals surface area contributed by atoms with E-state index in [2.05, 4.69) is 30.7 Å². The molecule has 0 saturated heterocycles. The number of hydrogen-bond acceptors (Lipinski definition) is 6. The van der Waals surface area contributed by atoms with E-state index in [1.165, 1.54) is 12.7 Å². The van der Waals surface area contributed by atoms with Crippen molar-refractivity contribution >= 4 is 11.9 Å². The van der Waals surface area contributed by atoms with E-state index in [-0.39, 0.29) is 37.5 Å². The first-order chi connectivity index (χ1) is 12.9. The Bertz CT molecular complexity index is 570. The number of benzene rings is 1. The Kier molecular flexibility index (Phi) is 10.7. The van der Waals surface area contributed by atoms with Gasteiger partial charge in [0.2, 0.25) is 0 Å². The SMILES string of the molecule is COC(=O)CCN(CCO)CCOC(=O)[C@@H](C)c1ccc(CC(C)C)cc1. The van der Waals surface area contributed by atoms with Gasteiger partial charge < -0.3 is 14.6 Å². The van der Waals surface area contributed by atoms with Crippen LogP contribution in [0.2, 0.25) is 0 Å². The zero-order chi connectivity index (χ0) is 20.2. The minimum Gasteiger partial charge on any atom is -0.469 e. The van der Waals surface area contributed by atoms with Gasteiger partial charge in [-0.2, -0.15) is 0 Å². The normalized spacial score (nSPS) is 12.3. The van der Waals surface area contributed by atoms with E-state index in [1.807, 2.05) is 24.0 Å². The largest absolute Gasteiger partial charge is 0.469 e. The van der Waals surface area contributed by atoms with Gasteiger partial charge in [0.1, 0.15) is 6.61 Å². The van der Waals surface area contributed by atoms with Crippen LogP contribution in [0.1, 0.15) is 44.2 Å². The standard InChI is InChI=1S/C21H33NO5/c1-16(2)15-18-5-7-19(8-6-18)17(3)21(25)27-14-12-22(11-13-23)10-9-20(24)26-4/h5-8,16-17,23H,9-15H2,1-4H3/t17-/m0/s1. The summed E-state index contributed by atoms with van der Waals surface area (Å²) >= 11 is 0. The third-order valence-corrected chi connectivity index (χ3v) is 4.41. The van der Waals surface area contributed by atoms with Gasteiger partial charge in [0.05, 0.1) is 26.1 Å². The first-order valence-corrected chi connectivity index (χ1v) is 9.52. The molecule has 1 N–H and O–H groups in total. The van der Waals surface area contributed by atoms with Gasteiger partial charge in [0, 0.05) is 19.6 Å². The fourth-order valence-electron chi connectivity index (χ4n) is 2.78. The molecule has 6 heteroatoms. The van der Waals surface area contributed by atoms with Crippen molar-refractivity contribution in [3.05, 3.63) is 35.4 Å². The maximum atomic E-state index is 12.3. The topological polar surface area (TPSA) is 76.1 Å². The molecule has 0 aromatic heterocycles. The van der Waals surface area contributed by atoms with Gasteiger partial charge in [-0.05, 0) is 30.4 Å². The Morgan fingerprint density at radius 2 is 1.74 bits per heavy atom. The Labute approximate surface area is 162 Å². The van der Waals surface area contributed by atoms with Crippen LogP contribution in [0.4, 0.5) is 0 Å². The molecule has 0 fully saturated rings. The number of methoxy groups -OCH3 is 1. The van der Waals surface area contributed by atoms with Crippen LogP contribution in [0, 0.1) is 5.92 Å². The van der Waals surface area contributed by atoms with E-state index in [0.717, 1.165) is 12.0 Å². The fourth-order valence-corrected chi connectivity index (χ4v) is 2.78. The molecule has 0 radical (unpaired) electrons. The number of ether oxygens (including phenoxy) is 2. The van der Waals surface area contributed by atoms with Crippen molar-refractivity contribution in [2.75, 3.05) is 40.0 Å². The lowest BCUT2D eigenvalue weighted by molar-refractivity contribution is -0.146. The summed E-state index contributed by atoms with van der Waals surface area (Å²) in [7, 11) is 1.34. The monoisotopic (exact) mass is 379 g/mol. The van der Waals surface area contributed by atoms with E-state index in [4.69, 9.17) is 9.84 Å². The highest BCUT2D eigenvalue weighted by atomic mass is 16.5. The van der Waals surface area contributed by atoms with Crippen molar-refractivity contribution in [1.82, 2.24) is 4.90 Å². The average Bonchev–Trinajstić information content (AvgIpc) is 2.65. The number of aliphatic hydroxyl groups excluding tert-OH is 1. The third kappa shape index (κ3) is 9.02. The van der Waals surface area contributed by atoms with E-state index < -0.39 is 0 Å². The molecule has 0 amide bonds. The second-order valence-corrected chi connectivity index (χ2v) is 7.12. The Hall–Kier alpha value is -1.92. The minimum atomic E-state index is -0.334. The Morgan fingerprint density at radius 3 is 2.30 bits per heavy atom. The van der Waals surface area contributed by atoms with Crippen LogP contribution in [0.5, 0.6) is 0 Å². The smallest absolute Gasteiger partial charge is 0.313 e. The summed E-state index contributed by atoms with van der Waals surface area (Å²) in [6.07, 6.45) is 1.26. The van der Waals surface area contributed by atoms with Crippen LogP contribution < -0.4 is 0 Å². The van der Waals surface area contributed by atoms with E-state index in [0.29, 0.717) is 25.6 Å². The van der Waals surface area contributed by atoms with Crippen LogP contribution in [-0.2, 0) is 25.5 Å². The number of aliphatic hydroxyl groups is 1. The highest BCUT2D eigenvalue weighted by molar-refractivity contribution is 5.77. The van der Waals surface area contributed by atoms with Crippen molar-refractivity contribution in [1.29, 1.82) is 0 Å². The van der Waals surface area contributed by atoms with Gasteiger partial charge in [-0.15, -0.1) is 0 Å². The van der Waals surface area contributed by atoms with Gasteiger partial charge in [0.25, 0.3) is 0 Å². The first-order valence-electron chi connectivity index (χ1n) is 9.52. The summed E-state index contributed by atoms with van der Waals surface area (Å²) in [5, 5.41) is 9.12. The maximum absolute atomic E-state index is 12.3. The van der Waals surface area contributed by atoms with Crippen molar-refractivity contribution in [2.24, 2.45) is 5.92 Å². The number of nitrogens with zero attached hydrogens (tertiary/aromatic N) is 1. The molecule has 0 bridgehead atoms. The Balaban J connectivity index is 2.46. The number of rotatable bonds is 12. The molecule has 1 aromatic rings.